The Balaban J connectivity index is 2.52. The third kappa shape index (κ3) is 4.17. The molecular formula is C13H20N2O2. The molecule has 94 valence electrons. The van der Waals surface area contributed by atoms with Crippen LogP contribution in [0.5, 0.6) is 0 Å². The van der Waals surface area contributed by atoms with Gasteiger partial charge in [0, 0.05) is 6.54 Å². The van der Waals surface area contributed by atoms with E-state index in [2.05, 4.69) is 5.32 Å². The fourth-order valence-electron chi connectivity index (χ4n) is 1.45. The summed E-state index contributed by atoms with van der Waals surface area (Å²) >= 11 is 0. The van der Waals surface area contributed by atoms with Crippen LogP contribution < -0.4 is 11.1 Å². The summed E-state index contributed by atoms with van der Waals surface area (Å²) in [7, 11) is 0. The second kappa shape index (κ2) is 6.37. The summed E-state index contributed by atoms with van der Waals surface area (Å²) in [6.45, 7) is 4.27. The van der Waals surface area contributed by atoms with E-state index in [1.807, 2.05) is 38.1 Å². The summed E-state index contributed by atoms with van der Waals surface area (Å²) in [5, 5.41) is 11.8. The second-order valence-corrected chi connectivity index (χ2v) is 4.47. The van der Waals surface area contributed by atoms with Crippen LogP contribution in [0.2, 0.25) is 0 Å². The molecule has 0 fully saturated rings. The summed E-state index contributed by atoms with van der Waals surface area (Å²) in [5.74, 6) is -0.0202. The lowest BCUT2D eigenvalue weighted by atomic mass is 10.0. The van der Waals surface area contributed by atoms with E-state index in [0.717, 1.165) is 11.1 Å². The molecule has 0 aliphatic rings. The summed E-state index contributed by atoms with van der Waals surface area (Å²) in [5.41, 5.74) is 7.53. The summed E-state index contributed by atoms with van der Waals surface area (Å²) in [6.07, 6.45) is 0. The Labute approximate surface area is 102 Å². The quantitative estimate of drug-likeness (QED) is 0.707. The Kier molecular flexibility index (Phi) is 5.12. The van der Waals surface area contributed by atoms with Crippen molar-refractivity contribution in [2.45, 2.75) is 33.0 Å². The van der Waals surface area contributed by atoms with Gasteiger partial charge in [0.2, 0.25) is 5.91 Å². The van der Waals surface area contributed by atoms with Gasteiger partial charge in [0.05, 0.1) is 12.6 Å². The highest BCUT2D eigenvalue weighted by Gasteiger charge is 2.16. The highest BCUT2D eigenvalue weighted by atomic mass is 16.3. The third-order valence-electron chi connectivity index (χ3n) is 2.66. The number of aliphatic hydroxyl groups excluding tert-OH is 1. The summed E-state index contributed by atoms with van der Waals surface area (Å²) < 4.78 is 0. The maximum Gasteiger partial charge on any atom is 0.237 e. The molecule has 0 spiro atoms. The minimum Gasteiger partial charge on any atom is -0.392 e. The molecule has 0 bridgehead atoms. The topological polar surface area (TPSA) is 75.4 Å². The zero-order valence-corrected chi connectivity index (χ0v) is 10.3. The molecule has 0 aromatic heterocycles. The van der Waals surface area contributed by atoms with E-state index in [1.165, 1.54) is 0 Å². The lowest BCUT2D eigenvalue weighted by Crippen LogP contribution is -2.43. The Morgan fingerprint density at radius 1 is 1.41 bits per heavy atom. The zero-order valence-electron chi connectivity index (χ0n) is 10.3. The number of hydrogen-bond acceptors (Lipinski definition) is 3. The van der Waals surface area contributed by atoms with Gasteiger partial charge < -0.3 is 16.2 Å². The first-order valence-electron chi connectivity index (χ1n) is 5.76. The van der Waals surface area contributed by atoms with E-state index >= 15 is 0 Å². The number of benzene rings is 1. The lowest BCUT2D eigenvalue weighted by Gasteiger charge is -2.15. The van der Waals surface area contributed by atoms with E-state index < -0.39 is 6.04 Å². The van der Waals surface area contributed by atoms with Crippen LogP contribution in [-0.2, 0) is 17.9 Å². The fraction of sp³-hybridized carbons (Fsp3) is 0.462. The van der Waals surface area contributed by atoms with Gasteiger partial charge in [-0.15, -0.1) is 0 Å². The first-order valence-corrected chi connectivity index (χ1v) is 5.76. The zero-order chi connectivity index (χ0) is 12.8. The highest BCUT2D eigenvalue weighted by molar-refractivity contribution is 5.81. The van der Waals surface area contributed by atoms with Crippen molar-refractivity contribution in [3.05, 3.63) is 35.4 Å². The van der Waals surface area contributed by atoms with Crippen molar-refractivity contribution < 1.29 is 9.90 Å². The molecule has 4 N–H and O–H groups in total. The molecule has 0 aliphatic heterocycles. The fourth-order valence-corrected chi connectivity index (χ4v) is 1.45. The number of aliphatic hydroxyl groups is 1. The number of carbonyl (C=O) groups excluding carboxylic acids is 1. The van der Waals surface area contributed by atoms with E-state index in [-0.39, 0.29) is 18.4 Å². The smallest absolute Gasteiger partial charge is 0.237 e. The minimum atomic E-state index is -0.476. The van der Waals surface area contributed by atoms with Gasteiger partial charge in [0.15, 0.2) is 0 Å². The molecule has 0 radical (unpaired) electrons. The first-order chi connectivity index (χ1) is 8.04. The Hall–Kier alpha value is -1.39. The van der Waals surface area contributed by atoms with Crippen LogP contribution in [-0.4, -0.2) is 17.1 Å². The average Bonchev–Trinajstić information content (AvgIpc) is 2.35. The average molecular weight is 236 g/mol. The number of nitrogens with two attached hydrogens (primary N) is 1. The molecule has 4 nitrogen and oxygen atoms in total. The molecular weight excluding hydrogens is 216 g/mol. The van der Waals surface area contributed by atoms with Gasteiger partial charge in [-0.2, -0.15) is 0 Å². The van der Waals surface area contributed by atoms with Crippen molar-refractivity contribution in [1.29, 1.82) is 0 Å². The van der Waals surface area contributed by atoms with Crippen LogP contribution in [0.15, 0.2) is 24.3 Å². The molecule has 1 rings (SSSR count). The maximum absolute atomic E-state index is 11.6. The SMILES string of the molecule is CC(C)C(N)C(=O)NCc1cccc(CO)c1. The third-order valence-corrected chi connectivity index (χ3v) is 2.66. The van der Waals surface area contributed by atoms with E-state index in [0.29, 0.717) is 6.54 Å². The molecule has 4 heteroatoms. The molecule has 1 atom stereocenters. The molecule has 0 saturated carbocycles. The van der Waals surface area contributed by atoms with Crippen LogP contribution >= 0.6 is 0 Å². The van der Waals surface area contributed by atoms with Crippen LogP contribution in [0, 0.1) is 5.92 Å². The molecule has 1 amide bonds. The summed E-state index contributed by atoms with van der Waals surface area (Å²) in [4.78, 5) is 11.6. The molecule has 17 heavy (non-hydrogen) atoms. The normalized spacial score (nSPS) is 12.5. The summed E-state index contributed by atoms with van der Waals surface area (Å²) in [6, 6.07) is 6.98. The van der Waals surface area contributed by atoms with Gasteiger partial charge in [-0.25, -0.2) is 0 Å². The number of hydrogen-bond donors (Lipinski definition) is 3. The Morgan fingerprint density at radius 2 is 2.06 bits per heavy atom. The molecule has 1 unspecified atom stereocenters. The highest BCUT2D eigenvalue weighted by Crippen LogP contribution is 2.05. The van der Waals surface area contributed by atoms with Crippen LogP contribution in [0.4, 0.5) is 0 Å². The number of nitrogens with one attached hydrogen (secondary N) is 1. The number of rotatable bonds is 5. The Bertz CT molecular complexity index is 377. The maximum atomic E-state index is 11.6. The predicted molar refractivity (Wildman–Crippen MR) is 67.0 cm³/mol. The first kappa shape index (κ1) is 13.7. The second-order valence-electron chi connectivity index (χ2n) is 4.47. The van der Waals surface area contributed by atoms with Crippen molar-refractivity contribution >= 4 is 5.91 Å². The largest absolute Gasteiger partial charge is 0.392 e. The van der Waals surface area contributed by atoms with Gasteiger partial charge >= 0.3 is 0 Å². The van der Waals surface area contributed by atoms with E-state index in [1.54, 1.807) is 0 Å². The van der Waals surface area contributed by atoms with Gasteiger partial charge in [0.1, 0.15) is 0 Å². The van der Waals surface area contributed by atoms with E-state index in [4.69, 9.17) is 10.8 Å². The minimum absolute atomic E-state index is 0.00724. The lowest BCUT2D eigenvalue weighted by molar-refractivity contribution is -0.123. The van der Waals surface area contributed by atoms with Gasteiger partial charge in [-0.3, -0.25) is 4.79 Å². The van der Waals surface area contributed by atoms with Gasteiger partial charge in [-0.1, -0.05) is 38.1 Å². The monoisotopic (exact) mass is 236 g/mol. The number of carbonyl (C=O) groups is 1. The molecule has 0 aliphatic carbocycles. The van der Waals surface area contributed by atoms with Crippen LogP contribution in [0.1, 0.15) is 25.0 Å². The van der Waals surface area contributed by atoms with Crippen molar-refractivity contribution in [2.75, 3.05) is 0 Å². The van der Waals surface area contributed by atoms with Crippen molar-refractivity contribution in [1.82, 2.24) is 5.32 Å². The molecule has 0 heterocycles. The predicted octanol–water partition coefficient (Wildman–Crippen LogP) is 0.778. The molecule has 0 saturated heterocycles. The standard InChI is InChI=1S/C13H20N2O2/c1-9(2)12(14)13(17)15-7-10-4-3-5-11(6-10)8-16/h3-6,9,12,16H,7-8,14H2,1-2H3,(H,15,17). The number of amides is 1. The Morgan fingerprint density at radius 3 is 2.65 bits per heavy atom. The van der Waals surface area contributed by atoms with E-state index in [9.17, 15) is 4.79 Å². The van der Waals surface area contributed by atoms with Crippen LogP contribution in [0.25, 0.3) is 0 Å². The van der Waals surface area contributed by atoms with Gasteiger partial charge in [0.25, 0.3) is 0 Å². The van der Waals surface area contributed by atoms with Gasteiger partial charge in [-0.05, 0) is 17.0 Å². The molecule has 1 aromatic rings. The van der Waals surface area contributed by atoms with Crippen molar-refractivity contribution in [2.24, 2.45) is 11.7 Å². The molecule has 1 aromatic carbocycles. The van der Waals surface area contributed by atoms with Crippen LogP contribution in [0.3, 0.4) is 0 Å². The van der Waals surface area contributed by atoms with Crippen molar-refractivity contribution in [3.8, 4) is 0 Å². The van der Waals surface area contributed by atoms with Crippen molar-refractivity contribution in [3.63, 3.8) is 0 Å².